The van der Waals surface area contributed by atoms with Gasteiger partial charge < -0.3 is 0 Å². The van der Waals surface area contributed by atoms with Gasteiger partial charge in [0.15, 0.2) is 0 Å². The molecule has 0 aliphatic carbocycles. The maximum atomic E-state index is 12.0. The highest BCUT2D eigenvalue weighted by Gasteiger charge is 2.34. The summed E-state index contributed by atoms with van der Waals surface area (Å²) in [6.07, 6.45) is 3.61. The van der Waals surface area contributed by atoms with E-state index in [1.54, 1.807) is 24.3 Å². The summed E-state index contributed by atoms with van der Waals surface area (Å²) in [6, 6.07) is 6.70. The van der Waals surface area contributed by atoms with Gasteiger partial charge in [-0.05, 0) is 25.0 Å². The first-order chi connectivity index (χ1) is 9.65. The lowest BCUT2D eigenvalue weighted by atomic mass is 10.1. The van der Waals surface area contributed by atoms with Crippen LogP contribution in [0.25, 0.3) is 0 Å². The van der Waals surface area contributed by atoms with E-state index in [1.807, 2.05) is 0 Å². The van der Waals surface area contributed by atoms with E-state index in [2.05, 4.69) is 4.89 Å². The van der Waals surface area contributed by atoms with Crippen LogP contribution < -0.4 is 0 Å². The predicted molar refractivity (Wildman–Crippen MR) is 68.9 cm³/mol. The smallest absolute Gasteiger partial charge is 0.296 e. The fourth-order valence-electron chi connectivity index (χ4n) is 2.02. The van der Waals surface area contributed by atoms with E-state index in [1.165, 1.54) is 11.0 Å². The van der Waals surface area contributed by atoms with Crippen LogP contribution in [0.1, 0.15) is 33.6 Å². The maximum Gasteiger partial charge on any atom is 0.365 e. The number of carbonyl (C=O) groups is 3. The molecule has 0 bridgehead atoms. The zero-order chi connectivity index (χ0) is 14.5. The topological polar surface area (TPSA) is 83.9 Å². The molecule has 6 heteroatoms. The molecule has 6 nitrogen and oxygen atoms in total. The molecule has 0 fully saturated rings. The van der Waals surface area contributed by atoms with Gasteiger partial charge in [-0.1, -0.05) is 18.2 Å². The van der Waals surface area contributed by atoms with Crippen LogP contribution >= 0.6 is 0 Å². The Morgan fingerprint density at radius 1 is 1.20 bits per heavy atom. The van der Waals surface area contributed by atoms with Crippen LogP contribution in [-0.4, -0.2) is 34.5 Å². The second-order valence-electron chi connectivity index (χ2n) is 4.26. The summed E-state index contributed by atoms with van der Waals surface area (Å²) >= 11 is 0. The summed E-state index contributed by atoms with van der Waals surface area (Å²) in [6.45, 7) is 0.283. The van der Waals surface area contributed by atoms with Gasteiger partial charge in [0.25, 0.3) is 11.8 Å². The Morgan fingerprint density at radius 2 is 1.80 bits per heavy atom. The van der Waals surface area contributed by atoms with Crippen molar-refractivity contribution in [3.8, 4) is 0 Å². The molecule has 0 spiro atoms. The molecule has 1 aliphatic rings. The van der Waals surface area contributed by atoms with Crippen LogP contribution in [0.2, 0.25) is 0 Å². The van der Waals surface area contributed by atoms with Crippen LogP contribution in [0.5, 0.6) is 0 Å². The Balaban J connectivity index is 1.90. The van der Waals surface area contributed by atoms with Gasteiger partial charge in [0, 0.05) is 12.6 Å². The molecule has 20 heavy (non-hydrogen) atoms. The Hall–Kier alpha value is -2.47. The maximum absolute atomic E-state index is 12.0. The first-order valence-electron chi connectivity index (χ1n) is 6.12. The van der Waals surface area contributed by atoms with Crippen LogP contribution in [0.15, 0.2) is 36.4 Å². The number of benzene rings is 1. The van der Waals surface area contributed by atoms with Crippen molar-refractivity contribution in [3.63, 3.8) is 0 Å². The van der Waals surface area contributed by atoms with Gasteiger partial charge in [0.1, 0.15) is 0 Å². The molecular weight excluding hydrogens is 262 g/mol. The van der Waals surface area contributed by atoms with Gasteiger partial charge in [-0.25, -0.2) is 4.79 Å². The Labute approximate surface area is 115 Å². The molecule has 1 N–H and O–H groups in total. The lowest BCUT2D eigenvalue weighted by molar-refractivity contribution is -0.228. The Bertz CT molecular complexity index is 544. The molecule has 0 aromatic heterocycles. The molecule has 1 aromatic carbocycles. The number of carbonyl (C=O) groups excluding carboxylic acids is 3. The summed E-state index contributed by atoms with van der Waals surface area (Å²) in [4.78, 5) is 39.3. The van der Waals surface area contributed by atoms with Crippen LogP contribution in [0, 0.1) is 0 Å². The molecule has 0 atom stereocenters. The summed E-state index contributed by atoms with van der Waals surface area (Å²) in [5.74, 6) is -1.43. The zero-order valence-electron chi connectivity index (χ0n) is 10.6. The van der Waals surface area contributed by atoms with Gasteiger partial charge in [0.2, 0.25) is 0 Å². The number of hydrogen-bond donors (Lipinski definition) is 1. The normalized spacial score (nSPS) is 13.9. The molecule has 2 amide bonds. The molecule has 1 heterocycles. The molecule has 0 unspecified atom stereocenters. The fourth-order valence-corrected chi connectivity index (χ4v) is 2.02. The van der Waals surface area contributed by atoms with Crippen molar-refractivity contribution in [2.45, 2.75) is 12.8 Å². The molecular formula is C14H13NO5. The van der Waals surface area contributed by atoms with Crippen LogP contribution in [0.4, 0.5) is 0 Å². The lowest BCUT2D eigenvalue weighted by Crippen LogP contribution is -2.30. The van der Waals surface area contributed by atoms with Gasteiger partial charge in [-0.15, -0.1) is 0 Å². The van der Waals surface area contributed by atoms with Crippen molar-refractivity contribution in [2.24, 2.45) is 0 Å². The minimum absolute atomic E-state index is 0.283. The van der Waals surface area contributed by atoms with E-state index in [0.717, 1.165) is 6.08 Å². The number of amides is 2. The third kappa shape index (κ3) is 2.75. The second kappa shape index (κ2) is 6.12. The van der Waals surface area contributed by atoms with E-state index in [-0.39, 0.29) is 18.4 Å². The van der Waals surface area contributed by atoms with Gasteiger partial charge in [0.05, 0.1) is 11.1 Å². The van der Waals surface area contributed by atoms with Gasteiger partial charge in [-0.3, -0.25) is 19.4 Å². The molecule has 0 saturated heterocycles. The van der Waals surface area contributed by atoms with Crippen molar-refractivity contribution in [3.05, 3.63) is 47.5 Å². The SMILES string of the molecule is O=C(C=CCCCN1C(=O)c2ccccc2C1=O)OO. The summed E-state index contributed by atoms with van der Waals surface area (Å²) < 4.78 is 0. The highest BCUT2D eigenvalue weighted by atomic mass is 17.1. The summed E-state index contributed by atoms with van der Waals surface area (Å²) in [7, 11) is 0. The lowest BCUT2D eigenvalue weighted by Gasteiger charge is -2.12. The fraction of sp³-hybridized carbons (Fsp3) is 0.214. The monoisotopic (exact) mass is 275 g/mol. The number of imide groups is 1. The van der Waals surface area contributed by atoms with Crippen molar-refractivity contribution in [2.75, 3.05) is 6.54 Å². The predicted octanol–water partition coefficient (Wildman–Crippen LogP) is 1.64. The molecule has 1 aliphatic heterocycles. The third-order valence-electron chi connectivity index (χ3n) is 2.97. The third-order valence-corrected chi connectivity index (χ3v) is 2.97. The minimum Gasteiger partial charge on any atom is -0.296 e. The zero-order valence-corrected chi connectivity index (χ0v) is 10.6. The highest BCUT2D eigenvalue weighted by molar-refractivity contribution is 6.21. The summed E-state index contributed by atoms with van der Waals surface area (Å²) in [5.41, 5.74) is 0.855. The largest absolute Gasteiger partial charge is 0.365 e. The number of hydrogen-bond acceptors (Lipinski definition) is 5. The van der Waals surface area contributed by atoms with Crippen molar-refractivity contribution < 1.29 is 24.5 Å². The number of nitrogens with zero attached hydrogens (tertiary/aromatic N) is 1. The standard InChI is InChI=1S/C14H13NO5/c16-12(20-19)8-2-1-5-9-15-13(17)10-6-3-4-7-11(10)14(15)18/h2-4,6-8,19H,1,5,9H2. The Morgan fingerprint density at radius 3 is 2.35 bits per heavy atom. The molecule has 104 valence electrons. The molecule has 1 aromatic rings. The number of allylic oxidation sites excluding steroid dienone is 1. The van der Waals surface area contributed by atoms with Gasteiger partial charge >= 0.3 is 5.97 Å². The number of rotatable bonds is 5. The van der Waals surface area contributed by atoms with E-state index < -0.39 is 5.97 Å². The second-order valence-corrected chi connectivity index (χ2v) is 4.26. The van der Waals surface area contributed by atoms with E-state index in [4.69, 9.17) is 5.26 Å². The number of unbranched alkanes of at least 4 members (excludes halogenated alkanes) is 1. The van der Waals surface area contributed by atoms with Crippen molar-refractivity contribution in [1.29, 1.82) is 0 Å². The molecule has 2 rings (SSSR count). The summed E-state index contributed by atoms with van der Waals surface area (Å²) in [5, 5.41) is 8.04. The number of fused-ring (bicyclic) bond motifs is 1. The van der Waals surface area contributed by atoms with Crippen LogP contribution in [-0.2, 0) is 9.68 Å². The van der Waals surface area contributed by atoms with E-state index in [9.17, 15) is 14.4 Å². The van der Waals surface area contributed by atoms with Crippen LogP contribution in [0.3, 0.4) is 0 Å². The quantitative estimate of drug-likeness (QED) is 0.290. The van der Waals surface area contributed by atoms with E-state index >= 15 is 0 Å². The first-order valence-corrected chi connectivity index (χ1v) is 6.12. The van der Waals surface area contributed by atoms with Crippen molar-refractivity contribution >= 4 is 17.8 Å². The first kappa shape index (κ1) is 14.0. The van der Waals surface area contributed by atoms with E-state index in [0.29, 0.717) is 24.0 Å². The van der Waals surface area contributed by atoms with Gasteiger partial charge in [-0.2, -0.15) is 5.26 Å². The Kier molecular flexibility index (Phi) is 4.27. The average molecular weight is 275 g/mol. The average Bonchev–Trinajstić information content (AvgIpc) is 2.71. The molecule has 0 saturated carbocycles. The molecule has 0 radical (unpaired) electrons. The van der Waals surface area contributed by atoms with Crippen molar-refractivity contribution in [1.82, 2.24) is 4.90 Å². The minimum atomic E-state index is -0.856. The highest BCUT2D eigenvalue weighted by Crippen LogP contribution is 2.22.